The summed E-state index contributed by atoms with van der Waals surface area (Å²) in [5.74, 6) is 0.826. The minimum Gasteiger partial charge on any atom is -0.338 e. The predicted molar refractivity (Wildman–Crippen MR) is 70.1 cm³/mol. The van der Waals surface area contributed by atoms with Crippen molar-refractivity contribution in [2.75, 3.05) is 0 Å². The second-order valence-electron chi connectivity index (χ2n) is 3.53. The van der Waals surface area contributed by atoms with Crippen LogP contribution in [0.4, 0.5) is 0 Å². The largest absolute Gasteiger partial charge is 0.338 e. The zero-order valence-electron chi connectivity index (χ0n) is 8.72. The standard InChI is InChI=1S/C12H8ClN3S/c13-11-4-9(7-17-11)12-15-6-10(16-12)8-2-1-3-14-5-8/h1-7H,(H,15,16). The summed E-state index contributed by atoms with van der Waals surface area (Å²) >= 11 is 7.40. The number of H-pyrrole nitrogens is 1. The molecular formula is C12H8ClN3S. The van der Waals surface area contributed by atoms with Gasteiger partial charge in [-0.15, -0.1) is 11.3 Å². The summed E-state index contributed by atoms with van der Waals surface area (Å²) in [7, 11) is 0. The lowest BCUT2D eigenvalue weighted by atomic mass is 10.2. The smallest absolute Gasteiger partial charge is 0.138 e. The molecule has 0 fully saturated rings. The highest BCUT2D eigenvalue weighted by atomic mass is 35.5. The van der Waals surface area contributed by atoms with Crippen LogP contribution in [0.15, 0.2) is 42.2 Å². The molecule has 3 nitrogen and oxygen atoms in total. The van der Waals surface area contributed by atoms with Crippen molar-refractivity contribution in [3.05, 3.63) is 46.5 Å². The van der Waals surface area contributed by atoms with Gasteiger partial charge in [-0.05, 0) is 18.2 Å². The van der Waals surface area contributed by atoms with Crippen LogP contribution in [0.5, 0.6) is 0 Å². The van der Waals surface area contributed by atoms with Crippen LogP contribution in [0.1, 0.15) is 0 Å². The molecule has 3 aromatic heterocycles. The van der Waals surface area contributed by atoms with Gasteiger partial charge in [0.15, 0.2) is 0 Å². The molecule has 0 atom stereocenters. The lowest BCUT2D eigenvalue weighted by Gasteiger charge is -1.94. The van der Waals surface area contributed by atoms with Gasteiger partial charge in [0.25, 0.3) is 0 Å². The van der Waals surface area contributed by atoms with E-state index in [-0.39, 0.29) is 0 Å². The van der Waals surface area contributed by atoms with Crippen LogP contribution in [0.3, 0.4) is 0 Å². The normalized spacial score (nSPS) is 10.6. The molecule has 0 saturated carbocycles. The first-order chi connectivity index (χ1) is 8.33. The molecule has 0 aliphatic heterocycles. The van der Waals surface area contributed by atoms with Crippen molar-refractivity contribution in [3.8, 4) is 22.6 Å². The Morgan fingerprint density at radius 2 is 2.18 bits per heavy atom. The summed E-state index contributed by atoms with van der Waals surface area (Å²) in [5.41, 5.74) is 2.98. The number of aromatic nitrogens is 3. The van der Waals surface area contributed by atoms with Crippen molar-refractivity contribution in [1.82, 2.24) is 15.0 Å². The molecule has 84 valence electrons. The Labute approximate surface area is 107 Å². The van der Waals surface area contributed by atoms with Crippen LogP contribution >= 0.6 is 22.9 Å². The average Bonchev–Trinajstić information content (AvgIpc) is 2.98. The lowest BCUT2D eigenvalue weighted by molar-refractivity contribution is 1.30. The molecule has 0 amide bonds. The Balaban J connectivity index is 1.99. The fourth-order valence-corrected chi connectivity index (χ4v) is 2.44. The van der Waals surface area contributed by atoms with Crippen LogP contribution in [-0.4, -0.2) is 15.0 Å². The maximum atomic E-state index is 5.90. The fourth-order valence-electron chi connectivity index (χ4n) is 1.57. The molecule has 0 saturated heterocycles. The molecule has 0 aliphatic rings. The van der Waals surface area contributed by atoms with E-state index in [0.29, 0.717) is 0 Å². The second kappa shape index (κ2) is 4.31. The molecule has 5 heteroatoms. The molecule has 0 spiro atoms. The highest BCUT2D eigenvalue weighted by molar-refractivity contribution is 7.14. The van der Waals surface area contributed by atoms with Gasteiger partial charge in [0, 0.05) is 28.9 Å². The molecule has 0 radical (unpaired) electrons. The molecule has 0 aromatic carbocycles. The molecule has 0 unspecified atom stereocenters. The van der Waals surface area contributed by atoms with Crippen molar-refractivity contribution in [1.29, 1.82) is 0 Å². The van der Waals surface area contributed by atoms with E-state index in [4.69, 9.17) is 11.6 Å². The number of rotatable bonds is 2. The number of nitrogens with one attached hydrogen (secondary N) is 1. The summed E-state index contributed by atoms with van der Waals surface area (Å²) in [6, 6.07) is 5.79. The highest BCUT2D eigenvalue weighted by Crippen LogP contribution is 2.28. The number of nitrogens with zero attached hydrogens (tertiary/aromatic N) is 2. The van der Waals surface area contributed by atoms with Crippen LogP contribution in [0.25, 0.3) is 22.6 Å². The molecule has 0 bridgehead atoms. The topological polar surface area (TPSA) is 41.6 Å². The number of thiophene rings is 1. The van der Waals surface area contributed by atoms with Crippen LogP contribution in [0, 0.1) is 0 Å². The SMILES string of the molecule is Clc1cc(-c2ncc(-c3cccnc3)[nH]2)cs1. The fraction of sp³-hybridized carbons (Fsp3) is 0. The maximum Gasteiger partial charge on any atom is 0.138 e. The summed E-state index contributed by atoms with van der Waals surface area (Å²) in [6.45, 7) is 0. The van der Waals surface area contributed by atoms with Crippen LogP contribution in [-0.2, 0) is 0 Å². The summed E-state index contributed by atoms with van der Waals surface area (Å²) in [6.07, 6.45) is 5.36. The quantitative estimate of drug-likeness (QED) is 0.761. The number of halogens is 1. The van der Waals surface area contributed by atoms with E-state index in [1.165, 1.54) is 11.3 Å². The molecule has 1 N–H and O–H groups in total. The first-order valence-electron chi connectivity index (χ1n) is 5.03. The minimum atomic E-state index is 0.763. The van der Waals surface area contributed by atoms with Gasteiger partial charge in [-0.1, -0.05) is 11.6 Å². The summed E-state index contributed by atoms with van der Waals surface area (Å²) in [5, 5.41) is 1.98. The Morgan fingerprint density at radius 1 is 1.24 bits per heavy atom. The van der Waals surface area contributed by atoms with Crippen LogP contribution < -0.4 is 0 Å². The second-order valence-corrected chi connectivity index (χ2v) is 5.07. The maximum absolute atomic E-state index is 5.90. The van der Waals surface area contributed by atoms with E-state index in [0.717, 1.165) is 27.0 Å². The van der Waals surface area contributed by atoms with E-state index in [1.807, 2.05) is 23.6 Å². The van der Waals surface area contributed by atoms with Gasteiger partial charge >= 0.3 is 0 Å². The van der Waals surface area contributed by atoms with Gasteiger partial charge in [0.1, 0.15) is 5.82 Å². The first-order valence-corrected chi connectivity index (χ1v) is 6.28. The van der Waals surface area contributed by atoms with Crippen molar-refractivity contribution in [3.63, 3.8) is 0 Å². The van der Waals surface area contributed by atoms with Crippen molar-refractivity contribution in [2.24, 2.45) is 0 Å². The Morgan fingerprint density at radius 3 is 2.88 bits per heavy atom. The lowest BCUT2D eigenvalue weighted by Crippen LogP contribution is -1.79. The van der Waals surface area contributed by atoms with Gasteiger partial charge in [-0.3, -0.25) is 4.98 Å². The minimum absolute atomic E-state index is 0.763. The van der Waals surface area contributed by atoms with Gasteiger partial charge in [0.2, 0.25) is 0 Å². The predicted octanol–water partition coefficient (Wildman–Crippen LogP) is 3.85. The Hall–Kier alpha value is -1.65. The first kappa shape index (κ1) is 10.5. The third-order valence-corrected chi connectivity index (χ3v) is 3.48. The van der Waals surface area contributed by atoms with E-state index < -0.39 is 0 Å². The van der Waals surface area contributed by atoms with E-state index in [9.17, 15) is 0 Å². The van der Waals surface area contributed by atoms with E-state index >= 15 is 0 Å². The zero-order chi connectivity index (χ0) is 11.7. The Kier molecular flexibility index (Phi) is 2.66. The van der Waals surface area contributed by atoms with Gasteiger partial charge in [0.05, 0.1) is 16.2 Å². The van der Waals surface area contributed by atoms with E-state index in [1.54, 1.807) is 18.6 Å². The van der Waals surface area contributed by atoms with Gasteiger partial charge in [-0.2, -0.15) is 0 Å². The van der Waals surface area contributed by atoms with Gasteiger partial charge < -0.3 is 4.98 Å². The number of aromatic amines is 1. The summed E-state index contributed by atoms with van der Waals surface area (Å²) in [4.78, 5) is 11.7. The number of hydrogen-bond acceptors (Lipinski definition) is 3. The van der Waals surface area contributed by atoms with Crippen LogP contribution in [0.2, 0.25) is 4.34 Å². The molecule has 3 aromatic rings. The third kappa shape index (κ3) is 2.09. The Bertz CT molecular complexity index is 630. The third-order valence-electron chi connectivity index (χ3n) is 2.39. The zero-order valence-corrected chi connectivity index (χ0v) is 10.3. The average molecular weight is 262 g/mol. The number of imidazole rings is 1. The van der Waals surface area contributed by atoms with Crippen molar-refractivity contribution in [2.45, 2.75) is 0 Å². The molecule has 0 aliphatic carbocycles. The molecule has 17 heavy (non-hydrogen) atoms. The summed E-state index contributed by atoms with van der Waals surface area (Å²) < 4.78 is 0.763. The monoisotopic (exact) mass is 261 g/mol. The van der Waals surface area contributed by atoms with E-state index in [2.05, 4.69) is 15.0 Å². The number of pyridine rings is 1. The highest BCUT2D eigenvalue weighted by Gasteiger charge is 2.06. The van der Waals surface area contributed by atoms with Crippen molar-refractivity contribution >= 4 is 22.9 Å². The molecule has 3 heterocycles. The van der Waals surface area contributed by atoms with Crippen molar-refractivity contribution < 1.29 is 0 Å². The number of hydrogen-bond donors (Lipinski definition) is 1. The molecule has 3 rings (SSSR count). The van der Waals surface area contributed by atoms with Gasteiger partial charge in [-0.25, -0.2) is 4.98 Å². The molecular weight excluding hydrogens is 254 g/mol.